The number of pyridine rings is 2. The van der Waals surface area contributed by atoms with Crippen molar-refractivity contribution in [2.24, 2.45) is 0 Å². The van der Waals surface area contributed by atoms with Gasteiger partial charge in [0.15, 0.2) is 0 Å². The van der Waals surface area contributed by atoms with Crippen LogP contribution in [0.3, 0.4) is 0 Å². The lowest BCUT2D eigenvalue weighted by atomic mass is 10.0. The lowest BCUT2D eigenvalue weighted by molar-refractivity contribution is -0.125. The zero-order valence-electron chi connectivity index (χ0n) is 17.3. The maximum atomic E-state index is 11.9. The van der Waals surface area contributed by atoms with Crippen LogP contribution in [0.5, 0.6) is 5.75 Å². The molecule has 1 aliphatic heterocycles. The van der Waals surface area contributed by atoms with Gasteiger partial charge in [-0.3, -0.25) is 14.8 Å². The summed E-state index contributed by atoms with van der Waals surface area (Å²) in [4.78, 5) is 26.1. The molecule has 1 aromatic carbocycles. The number of rotatable bonds is 5. The van der Waals surface area contributed by atoms with E-state index in [0.717, 1.165) is 39.8 Å². The van der Waals surface area contributed by atoms with Crippen molar-refractivity contribution in [3.05, 3.63) is 78.7 Å². The monoisotopic (exact) mass is 444 g/mol. The largest absolute Gasteiger partial charge is 0.486 e. The molecule has 4 heterocycles. The molecule has 0 bridgehead atoms. The molecule has 1 fully saturated rings. The SMILES string of the molecule is C=CC(=O)N1CCC(Oc2cnccc2-c2[nH]c3cccnc3c2-c2cccc(Cl)c2)C1. The standard InChI is InChI=1S/C25H21ClN4O2/c1-2-22(31)30-12-9-18(15-30)32-21-14-27-11-8-19(21)24-23(16-5-3-6-17(26)13-16)25-20(29-24)7-4-10-28-25/h2-8,10-11,13-14,18,29H,1,9,12,15H2. The van der Waals surface area contributed by atoms with Gasteiger partial charge >= 0.3 is 0 Å². The number of amides is 1. The molecule has 3 aromatic heterocycles. The van der Waals surface area contributed by atoms with Gasteiger partial charge in [-0.15, -0.1) is 0 Å². The lowest BCUT2D eigenvalue weighted by Crippen LogP contribution is -2.29. The fourth-order valence-corrected chi connectivity index (χ4v) is 4.35. The summed E-state index contributed by atoms with van der Waals surface area (Å²) in [5, 5.41) is 0.655. The number of nitrogens with one attached hydrogen (secondary N) is 1. The van der Waals surface area contributed by atoms with Crippen molar-refractivity contribution in [2.45, 2.75) is 12.5 Å². The first kappa shape index (κ1) is 20.3. The number of carbonyl (C=O) groups excluding carboxylic acids is 1. The Hall–Kier alpha value is -3.64. The zero-order valence-corrected chi connectivity index (χ0v) is 18.0. The van der Waals surface area contributed by atoms with E-state index >= 15 is 0 Å². The van der Waals surface area contributed by atoms with E-state index in [4.69, 9.17) is 16.3 Å². The first-order chi connectivity index (χ1) is 15.6. The number of hydrogen-bond donors (Lipinski definition) is 1. The van der Waals surface area contributed by atoms with Gasteiger partial charge in [-0.2, -0.15) is 0 Å². The second-order valence-corrected chi connectivity index (χ2v) is 8.11. The number of likely N-dealkylation sites (tertiary alicyclic amines) is 1. The number of halogens is 1. The molecule has 5 rings (SSSR count). The lowest BCUT2D eigenvalue weighted by Gasteiger charge is -2.18. The van der Waals surface area contributed by atoms with E-state index in [1.807, 2.05) is 42.5 Å². The summed E-state index contributed by atoms with van der Waals surface area (Å²) >= 11 is 6.30. The number of H-pyrrole nitrogens is 1. The summed E-state index contributed by atoms with van der Waals surface area (Å²) in [5.74, 6) is 0.577. The van der Waals surface area contributed by atoms with Crippen LogP contribution in [0.25, 0.3) is 33.4 Å². The predicted octanol–water partition coefficient (Wildman–Crippen LogP) is 5.11. The second-order valence-electron chi connectivity index (χ2n) is 7.67. The van der Waals surface area contributed by atoms with E-state index in [1.165, 1.54) is 6.08 Å². The van der Waals surface area contributed by atoms with Crippen molar-refractivity contribution in [2.75, 3.05) is 13.1 Å². The first-order valence-corrected chi connectivity index (χ1v) is 10.8. The molecule has 1 atom stereocenters. The Morgan fingerprint density at radius 2 is 2.16 bits per heavy atom. The Morgan fingerprint density at radius 3 is 3.00 bits per heavy atom. The van der Waals surface area contributed by atoms with Crippen LogP contribution in [0, 0.1) is 0 Å². The highest BCUT2D eigenvalue weighted by Gasteiger charge is 2.28. The maximum absolute atomic E-state index is 11.9. The van der Waals surface area contributed by atoms with E-state index < -0.39 is 0 Å². The number of hydrogen-bond acceptors (Lipinski definition) is 4. The second kappa shape index (κ2) is 8.48. The van der Waals surface area contributed by atoms with Crippen LogP contribution < -0.4 is 4.74 Å². The highest BCUT2D eigenvalue weighted by molar-refractivity contribution is 6.31. The number of nitrogens with zero attached hydrogens (tertiary/aromatic N) is 3. The zero-order chi connectivity index (χ0) is 22.1. The van der Waals surface area contributed by atoms with Gasteiger partial charge in [0.25, 0.3) is 0 Å². The Labute approximate surface area is 190 Å². The van der Waals surface area contributed by atoms with Gasteiger partial charge in [0.1, 0.15) is 11.9 Å². The normalized spacial score (nSPS) is 15.8. The summed E-state index contributed by atoms with van der Waals surface area (Å²) in [6.07, 6.45) is 7.22. The molecule has 1 unspecified atom stereocenters. The van der Waals surface area contributed by atoms with Gasteiger partial charge < -0.3 is 14.6 Å². The fourth-order valence-electron chi connectivity index (χ4n) is 4.16. The summed E-state index contributed by atoms with van der Waals surface area (Å²) in [5.41, 5.74) is 5.45. The highest BCUT2D eigenvalue weighted by atomic mass is 35.5. The van der Waals surface area contributed by atoms with Crippen molar-refractivity contribution < 1.29 is 9.53 Å². The summed E-state index contributed by atoms with van der Waals surface area (Å²) in [6, 6.07) is 13.6. The van der Waals surface area contributed by atoms with E-state index in [1.54, 1.807) is 23.5 Å². The van der Waals surface area contributed by atoms with Crippen LogP contribution in [-0.4, -0.2) is 45.0 Å². The molecule has 0 spiro atoms. The fraction of sp³-hybridized carbons (Fsp3) is 0.160. The molecule has 4 aromatic rings. The Morgan fingerprint density at radius 1 is 1.25 bits per heavy atom. The third-order valence-corrected chi connectivity index (χ3v) is 5.88. The van der Waals surface area contributed by atoms with Crippen molar-refractivity contribution in [3.63, 3.8) is 0 Å². The maximum Gasteiger partial charge on any atom is 0.246 e. The summed E-state index contributed by atoms with van der Waals surface area (Å²) in [7, 11) is 0. The predicted molar refractivity (Wildman–Crippen MR) is 126 cm³/mol. The van der Waals surface area contributed by atoms with Gasteiger partial charge in [0.2, 0.25) is 5.91 Å². The smallest absolute Gasteiger partial charge is 0.246 e. The molecule has 32 heavy (non-hydrogen) atoms. The van der Waals surface area contributed by atoms with Crippen molar-refractivity contribution >= 4 is 28.5 Å². The average Bonchev–Trinajstić information content (AvgIpc) is 3.43. The summed E-state index contributed by atoms with van der Waals surface area (Å²) < 4.78 is 6.34. The molecule has 1 N–H and O–H groups in total. The van der Waals surface area contributed by atoms with Crippen molar-refractivity contribution in [1.29, 1.82) is 0 Å². The van der Waals surface area contributed by atoms with Crippen LogP contribution in [0.2, 0.25) is 5.02 Å². The number of aromatic amines is 1. The minimum atomic E-state index is -0.112. The van der Waals surface area contributed by atoms with Gasteiger partial charge in [-0.05, 0) is 42.0 Å². The highest BCUT2D eigenvalue weighted by Crippen LogP contribution is 2.41. The van der Waals surface area contributed by atoms with Crippen LogP contribution in [0.1, 0.15) is 6.42 Å². The van der Waals surface area contributed by atoms with Crippen LogP contribution >= 0.6 is 11.6 Å². The average molecular weight is 445 g/mol. The van der Waals surface area contributed by atoms with Crippen molar-refractivity contribution in [3.8, 4) is 28.1 Å². The van der Waals surface area contributed by atoms with E-state index in [-0.39, 0.29) is 12.0 Å². The van der Waals surface area contributed by atoms with Gasteiger partial charge in [0, 0.05) is 41.5 Å². The third-order valence-electron chi connectivity index (χ3n) is 5.65. The number of carbonyl (C=O) groups is 1. The van der Waals surface area contributed by atoms with E-state index in [2.05, 4.69) is 21.5 Å². The molecule has 0 radical (unpaired) electrons. The molecule has 160 valence electrons. The van der Waals surface area contributed by atoms with Crippen LogP contribution in [0.4, 0.5) is 0 Å². The number of aromatic nitrogens is 3. The van der Waals surface area contributed by atoms with Crippen molar-refractivity contribution in [1.82, 2.24) is 19.9 Å². The topological polar surface area (TPSA) is 71.1 Å². The Balaban J connectivity index is 1.58. The molecule has 1 aliphatic rings. The molecule has 0 saturated carbocycles. The number of benzene rings is 1. The Bertz CT molecular complexity index is 1320. The summed E-state index contributed by atoms with van der Waals surface area (Å²) in [6.45, 7) is 4.74. The molecule has 0 aliphatic carbocycles. The molecular weight excluding hydrogens is 424 g/mol. The quantitative estimate of drug-likeness (QED) is 0.434. The van der Waals surface area contributed by atoms with Gasteiger partial charge in [-0.25, -0.2) is 0 Å². The van der Waals surface area contributed by atoms with E-state index in [9.17, 15) is 4.79 Å². The Kier molecular flexibility index (Phi) is 5.37. The van der Waals surface area contributed by atoms with E-state index in [0.29, 0.717) is 23.9 Å². The molecular formula is C25H21ClN4O2. The third kappa shape index (κ3) is 3.74. The van der Waals surface area contributed by atoms with Gasteiger partial charge in [-0.1, -0.05) is 30.3 Å². The minimum absolute atomic E-state index is 0.0764. The number of ether oxygens (including phenoxy) is 1. The molecule has 1 saturated heterocycles. The molecule has 1 amide bonds. The van der Waals surface area contributed by atoms with Crippen LogP contribution in [0.15, 0.2) is 73.7 Å². The molecule has 7 heteroatoms. The number of fused-ring (bicyclic) bond motifs is 1. The van der Waals surface area contributed by atoms with Crippen LogP contribution in [-0.2, 0) is 4.79 Å². The minimum Gasteiger partial charge on any atom is -0.486 e. The first-order valence-electron chi connectivity index (χ1n) is 10.4. The molecule has 6 nitrogen and oxygen atoms in total. The van der Waals surface area contributed by atoms with Gasteiger partial charge in [0.05, 0.1) is 29.5 Å².